The molecule has 0 bridgehead atoms. The van der Waals surface area contributed by atoms with Crippen LogP contribution in [0.1, 0.15) is 32.6 Å². The number of hydrogen-bond acceptors (Lipinski definition) is 4. The molecule has 7 heteroatoms. The fraction of sp³-hybridized carbons (Fsp3) is 0.933. The largest absolute Gasteiger partial charge is 0.380 e. The van der Waals surface area contributed by atoms with E-state index in [1.807, 2.05) is 11.8 Å². The van der Waals surface area contributed by atoms with Crippen LogP contribution in [0, 0.1) is 5.92 Å². The molecule has 0 radical (unpaired) electrons. The second kappa shape index (κ2) is 11.5. The Morgan fingerprint density at radius 2 is 1.86 bits per heavy atom. The molecule has 2 atom stereocenters. The summed E-state index contributed by atoms with van der Waals surface area (Å²) in [6, 6.07) is 0.227. The fourth-order valence-electron chi connectivity index (χ4n) is 3.24. The van der Waals surface area contributed by atoms with Gasteiger partial charge < -0.3 is 15.4 Å². The van der Waals surface area contributed by atoms with Crippen LogP contribution in [0.5, 0.6) is 0 Å². The van der Waals surface area contributed by atoms with E-state index in [4.69, 9.17) is 10.5 Å². The van der Waals surface area contributed by atoms with E-state index in [9.17, 15) is 4.79 Å². The maximum atomic E-state index is 12.5. The van der Waals surface area contributed by atoms with Gasteiger partial charge in [0.15, 0.2) is 0 Å². The zero-order valence-electron chi connectivity index (χ0n) is 13.5. The van der Waals surface area contributed by atoms with Crippen LogP contribution in [0.4, 0.5) is 0 Å². The van der Waals surface area contributed by atoms with E-state index in [2.05, 4.69) is 4.90 Å². The van der Waals surface area contributed by atoms with Crippen LogP contribution in [0.15, 0.2) is 0 Å². The fourth-order valence-corrected chi connectivity index (χ4v) is 3.24. The third kappa shape index (κ3) is 6.59. The Labute approximate surface area is 146 Å². The summed E-state index contributed by atoms with van der Waals surface area (Å²) >= 11 is 0. The lowest BCUT2D eigenvalue weighted by Crippen LogP contribution is -2.51. The zero-order chi connectivity index (χ0) is 14.4. The Kier molecular flexibility index (Phi) is 11.4. The molecule has 2 aliphatic rings. The van der Waals surface area contributed by atoms with Gasteiger partial charge in [-0.1, -0.05) is 6.42 Å². The minimum absolute atomic E-state index is 0. The maximum absolute atomic E-state index is 12.5. The number of hydrogen-bond donors (Lipinski definition) is 1. The summed E-state index contributed by atoms with van der Waals surface area (Å²) in [5.41, 5.74) is 5.99. The molecule has 0 aromatic carbocycles. The van der Waals surface area contributed by atoms with Crippen molar-refractivity contribution in [3.05, 3.63) is 0 Å². The molecule has 0 aromatic heterocycles. The van der Waals surface area contributed by atoms with Gasteiger partial charge in [-0.3, -0.25) is 9.69 Å². The molecular weight excluding hydrogens is 325 g/mol. The van der Waals surface area contributed by atoms with E-state index in [0.29, 0.717) is 5.91 Å². The summed E-state index contributed by atoms with van der Waals surface area (Å²) in [6.45, 7) is 8.22. The standard InChI is InChI=1S/C15H29N3O2.2ClH/c1-2-20-11-10-17-6-8-18(9-7-17)15(19)13-4-3-5-14(16)12-13;;/h13-14H,2-12,16H2,1H3;2*1H. The number of halogens is 2. The second-order valence-electron chi connectivity index (χ2n) is 5.99. The number of carbonyl (C=O) groups is 1. The Morgan fingerprint density at radius 1 is 1.18 bits per heavy atom. The molecule has 132 valence electrons. The highest BCUT2D eigenvalue weighted by atomic mass is 35.5. The van der Waals surface area contributed by atoms with E-state index in [1.165, 1.54) is 0 Å². The van der Waals surface area contributed by atoms with Crippen molar-refractivity contribution in [1.82, 2.24) is 9.80 Å². The molecule has 22 heavy (non-hydrogen) atoms. The van der Waals surface area contributed by atoms with Gasteiger partial charge in [-0.25, -0.2) is 0 Å². The maximum Gasteiger partial charge on any atom is 0.225 e. The van der Waals surface area contributed by atoms with E-state index >= 15 is 0 Å². The molecule has 0 aromatic rings. The van der Waals surface area contributed by atoms with Crippen LogP contribution in [-0.2, 0) is 9.53 Å². The highest BCUT2D eigenvalue weighted by molar-refractivity contribution is 5.85. The molecule has 1 aliphatic heterocycles. The van der Waals surface area contributed by atoms with Gasteiger partial charge in [0.1, 0.15) is 0 Å². The van der Waals surface area contributed by atoms with Gasteiger partial charge in [0, 0.05) is 51.3 Å². The van der Waals surface area contributed by atoms with E-state index in [0.717, 1.165) is 71.6 Å². The van der Waals surface area contributed by atoms with Crippen LogP contribution in [0.25, 0.3) is 0 Å². The first-order chi connectivity index (χ1) is 9.70. The summed E-state index contributed by atoms with van der Waals surface area (Å²) in [4.78, 5) is 16.9. The lowest BCUT2D eigenvalue weighted by atomic mass is 9.85. The number of nitrogens with two attached hydrogens (primary N) is 1. The molecule has 1 heterocycles. The molecule has 1 saturated carbocycles. The van der Waals surface area contributed by atoms with Crippen LogP contribution in [0.3, 0.4) is 0 Å². The molecule has 2 rings (SSSR count). The molecule has 1 aliphatic carbocycles. The predicted molar refractivity (Wildman–Crippen MR) is 93.9 cm³/mol. The first kappa shape index (κ1) is 21.9. The first-order valence-electron chi connectivity index (χ1n) is 8.05. The summed E-state index contributed by atoms with van der Waals surface area (Å²) in [7, 11) is 0. The average Bonchev–Trinajstić information content (AvgIpc) is 2.47. The summed E-state index contributed by atoms with van der Waals surface area (Å²) in [6.07, 6.45) is 4.08. The lowest BCUT2D eigenvalue weighted by molar-refractivity contribution is -0.138. The summed E-state index contributed by atoms with van der Waals surface area (Å²) in [5.74, 6) is 0.512. The smallest absolute Gasteiger partial charge is 0.225 e. The molecule has 0 spiro atoms. The molecular formula is C15H31Cl2N3O2. The lowest BCUT2D eigenvalue weighted by Gasteiger charge is -2.37. The zero-order valence-corrected chi connectivity index (χ0v) is 15.2. The number of amides is 1. The number of rotatable bonds is 5. The molecule has 2 unspecified atom stereocenters. The topological polar surface area (TPSA) is 58.8 Å². The number of ether oxygens (including phenoxy) is 1. The molecule has 1 amide bonds. The molecule has 5 nitrogen and oxygen atoms in total. The van der Waals surface area contributed by atoms with Crippen LogP contribution in [-0.4, -0.2) is 67.7 Å². The Bertz CT molecular complexity index is 313. The quantitative estimate of drug-likeness (QED) is 0.759. The molecule has 1 saturated heterocycles. The summed E-state index contributed by atoms with van der Waals surface area (Å²) < 4.78 is 5.38. The minimum Gasteiger partial charge on any atom is -0.380 e. The van der Waals surface area contributed by atoms with E-state index in [-0.39, 0.29) is 36.8 Å². The van der Waals surface area contributed by atoms with Crippen molar-refractivity contribution in [1.29, 1.82) is 0 Å². The van der Waals surface area contributed by atoms with Crippen molar-refractivity contribution in [2.24, 2.45) is 11.7 Å². The predicted octanol–water partition coefficient (Wildman–Crippen LogP) is 1.53. The second-order valence-corrected chi connectivity index (χ2v) is 5.99. The molecule has 2 fully saturated rings. The van der Waals surface area contributed by atoms with E-state index < -0.39 is 0 Å². The number of piperazine rings is 1. The molecule has 2 N–H and O–H groups in total. The van der Waals surface area contributed by atoms with Crippen molar-refractivity contribution in [3.63, 3.8) is 0 Å². The Balaban J connectivity index is 0.00000220. The van der Waals surface area contributed by atoms with Gasteiger partial charge in [0.2, 0.25) is 5.91 Å². The van der Waals surface area contributed by atoms with E-state index in [1.54, 1.807) is 0 Å². The van der Waals surface area contributed by atoms with Crippen molar-refractivity contribution < 1.29 is 9.53 Å². The van der Waals surface area contributed by atoms with Gasteiger partial charge in [0.05, 0.1) is 6.61 Å². The normalized spacial score (nSPS) is 26.0. The van der Waals surface area contributed by atoms with Crippen LogP contribution < -0.4 is 5.73 Å². The van der Waals surface area contributed by atoms with Gasteiger partial charge in [-0.15, -0.1) is 24.8 Å². The van der Waals surface area contributed by atoms with Crippen LogP contribution in [0.2, 0.25) is 0 Å². The van der Waals surface area contributed by atoms with Gasteiger partial charge in [0.25, 0.3) is 0 Å². The SMILES string of the molecule is CCOCCN1CCN(C(=O)C2CCCC(N)C2)CC1.Cl.Cl. The van der Waals surface area contributed by atoms with Crippen molar-refractivity contribution >= 4 is 30.7 Å². The first-order valence-corrected chi connectivity index (χ1v) is 8.05. The Morgan fingerprint density at radius 3 is 2.45 bits per heavy atom. The Hall–Kier alpha value is -0.0700. The highest BCUT2D eigenvalue weighted by Gasteiger charge is 2.30. The summed E-state index contributed by atoms with van der Waals surface area (Å²) in [5, 5.41) is 0. The monoisotopic (exact) mass is 355 g/mol. The van der Waals surface area contributed by atoms with Crippen molar-refractivity contribution in [3.8, 4) is 0 Å². The average molecular weight is 356 g/mol. The van der Waals surface area contributed by atoms with Crippen molar-refractivity contribution in [2.45, 2.75) is 38.6 Å². The third-order valence-corrected chi connectivity index (χ3v) is 4.50. The van der Waals surface area contributed by atoms with Gasteiger partial charge in [-0.2, -0.15) is 0 Å². The highest BCUT2D eigenvalue weighted by Crippen LogP contribution is 2.25. The minimum atomic E-state index is 0. The number of carbonyl (C=O) groups excluding carboxylic acids is 1. The van der Waals surface area contributed by atoms with Crippen LogP contribution >= 0.6 is 24.8 Å². The van der Waals surface area contributed by atoms with Gasteiger partial charge >= 0.3 is 0 Å². The van der Waals surface area contributed by atoms with Crippen molar-refractivity contribution in [2.75, 3.05) is 45.9 Å². The van der Waals surface area contributed by atoms with Gasteiger partial charge in [-0.05, 0) is 26.2 Å². The third-order valence-electron chi connectivity index (χ3n) is 4.50. The number of nitrogens with zero attached hydrogens (tertiary/aromatic N) is 2.